The average molecular weight is 297 g/mol. The second-order valence-corrected chi connectivity index (χ2v) is 5.76. The van der Waals surface area contributed by atoms with Gasteiger partial charge in [0.1, 0.15) is 11.6 Å². The van der Waals surface area contributed by atoms with Gasteiger partial charge in [0.2, 0.25) is 0 Å². The van der Waals surface area contributed by atoms with Crippen molar-refractivity contribution in [1.29, 1.82) is 0 Å². The van der Waals surface area contributed by atoms with Crippen molar-refractivity contribution >= 4 is 0 Å². The molecule has 1 aliphatic heterocycles. The lowest BCUT2D eigenvalue weighted by molar-refractivity contribution is 0.00860. The first kappa shape index (κ1) is 16.4. The summed E-state index contributed by atoms with van der Waals surface area (Å²) in [5.74, 6) is -0.973. The molecule has 0 aliphatic carbocycles. The lowest BCUT2D eigenvalue weighted by atomic mass is 9.97. The first-order valence-corrected chi connectivity index (χ1v) is 7.98. The summed E-state index contributed by atoms with van der Waals surface area (Å²) < 4.78 is 32.4. The van der Waals surface area contributed by atoms with E-state index in [1.54, 1.807) is 6.07 Å². The first-order chi connectivity index (χ1) is 10.2. The predicted molar refractivity (Wildman–Crippen MR) is 80.4 cm³/mol. The van der Waals surface area contributed by atoms with E-state index in [4.69, 9.17) is 4.74 Å². The molecule has 4 heteroatoms. The van der Waals surface area contributed by atoms with Crippen LogP contribution in [-0.2, 0) is 11.2 Å². The minimum atomic E-state index is -0.521. The molecule has 0 bridgehead atoms. The summed E-state index contributed by atoms with van der Waals surface area (Å²) in [4.78, 5) is 0. The largest absolute Gasteiger partial charge is 0.378 e. The normalized spacial score (nSPS) is 20.4. The molecule has 0 spiro atoms. The minimum Gasteiger partial charge on any atom is -0.378 e. The fourth-order valence-corrected chi connectivity index (χ4v) is 2.94. The van der Waals surface area contributed by atoms with Gasteiger partial charge in [0.25, 0.3) is 0 Å². The molecular weight excluding hydrogens is 272 g/mol. The van der Waals surface area contributed by atoms with E-state index in [2.05, 4.69) is 5.32 Å². The van der Waals surface area contributed by atoms with Crippen LogP contribution in [0.1, 0.15) is 44.6 Å². The zero-order chi connectivity index (χ0) is 15.1. The SMILES string of the molecule is CCNC(CCC1CCCCO1)Cc1ccc(F)cc1F. The second kappa shape index (κ2) is 8.44. The highest BCUT2D eigenvalue weighted by atomic mass is 19.1. The van der Waals surface area contributed by atoms with Gasteiger partial charge in [0.05, 0.1) is 6.10 Å². The number of likely N-dealkylation sites (N-methyl/N-ethyl adjacent to an activating group) is 1. The van der Waals surface area contributed by atoms with Gasteiger partial charge in [-0.2, -0.15) is 0 Å². The van der Waals surface area contributed by atoms with Gasteiger partial charge in [-0.1, -0.05) is 13.0 Å². The maximum atomic E-state index is 13.8. The van der Waals surface area contributed by atoms with Crippen LogP contribution in [-0.4, -0.2) is 25.3 Å². The smallest absolute Gasteiger partial charge is 0.129 e. The number of benzene rings is 1. The molecule has 118 valence electrons. The summed E-state index contributed by atoms with van der Waals surface area (Å²) in [7, 11) is 0. The van der Waals surface area contributed by atoms with E-state index < -0.39 is 11.6 Å². The summed E-state index contributed by atoms with van der Waals surface area (Å²) in [6.45, 7) is 3.76. The van der Waals surface area contributed by atoms with E-state index in [-0.39, 0.29) is 6.04 Å². The molecule has 1 fully saturated rings. The lowest BCUT2D eigenvalue weighted by Crippen LogP contribution is -2.33. The Morgan fingerprint density at radius 1 is 1.33 bits per heavy atom. The molecule has 1 N–H and O–H groups in total. The Kier molecular flexibility index (Phi) is 6.58. The lowest BCUT2D eigenvalue weighted by Gasteiger charge is -2.25. The number of rotatable bonds is 7. The Bertz CT molecular complexity index is 433. The summed E-state index contributed by atoms with van der Waals surface area (Å²) in [5.41, 5.74) is 0.576. The van der Waals surface area contributed by atoms with Crippen LogP contribution in [0, 0.1) is 11.6 Å². The first-order valence-electron chi connectivity index (χ1n) is 7.98. The van der Waals surface area contributed by atoms with E-state index >= 15 is 0 Å². The number of hydrogen-bond acceptors (Lipinski definition) is 2. The number of nitrogens with one attached hydrogen (secondary N) is 1. The number of halogens is 2. The Morgan fingerprint density at radius 2 is 2.19 bits per heavy atom. The van der Waals surface area contributed by atoms with E-state index in [0.29, 0.717) is 18.1 Å². The molecule has 2 unspecified atom stereocenters. The standard InChI is InChI=1S/C17H25F2NO/c1-2-20-15(8-9-16-5-3-4-10-21-16)11-13-6-7-14(18)12-17(13)19/h6-7,12,15-16,20H,2-5,8-11H2,1H3. The van der Waals surface area contributed by atoms with Crippen LogP contribution in [0.25, 0.3) is 0 Å². The third-order valence-electron chi connectivity index (χ3n) is 4.09. The zero-order valence-electron chi connectivity index (χ0n) is 12.7. The predicted octanol–water partition coefficient (Wildman–Crippen LogP) is 3.83. The van der Waals surface area contributed by atoms with E-state index in [1.807, 2.05) is 6.92 Å². The molecule has 2 atom stereocenters. The third-order valence-corrected chi connectivity index (χ3v) is 4.09. The Labute approximate surface area is 125 Å². The van der Waals surface area contributed by atoms with Crippen LogP contribution < -0.4 is 5.32 Å². The van der Waals surface area contributed by atoms with Crippen molar-refractivity contribution in [1.82, 2.24) is 5.32 Å². The van der Waals surface area contributed by atoms with Gasteiger partial charge in [-0.15, -0.1) is 0 Å². The summed E-state index contributed by atoms with van der Waals surface area (Å²) in [6, 6.07) is 4.04. The average Bonchev–Trinajstić information content (AvgIpc) is 2.49. The molecule has 0 saturated carbocycles. The monoisotopic (exact) mass is 297 g/mol. The van der Waals surface area contributed by atoms with Gasteiger partial charge in [-0.05, 0) is 56.7 Å². The molecule has 1 heterocycles. The molecule has 1 aromatic rings. The van der Waals surface area contributed by atoms with Crippen LogP contribution in [0.4, 0.5) is 8.78 Å². The molecule has 21 heavy (non-hydrogen) atoms. The Morgan fingerprint density at radius 3 is 2.86 bits per heavy atom. The topological polar surface area (TPSA) is 21.3 Å². The second-order valence-electron chi connectivity index (χ2n) is 5.76. The molecule has 1 aliphatic rings. The van der Waals surface area contributed by atoms with Crippen molar-refractivity contribution in [2.75, 3.05) is 13.2 Å². The zero-order valence-corrected chi connectivity index (χ0v) is 12.7. The molecule has 1 aromatic carbocycles. The summed E-state index contributed by atoms with van der Waals surface area (Å²) >= 11 is 0. The minimum absolute atomic E-state index is 0.209. The Hall–Kier alpha value is -1.00. The van der Waals surface area contributed by atoms with Crippen LogP contribution in [0.2, 0.25) is 0 Å². The highest BCUT2D eigenvalue weighted by molar-refractivity contribution is 5.19. The quantitative estimate of drug-likeness (QED) is 0.826. The highest BCUT2D eigenvalue weighted by Crippen LogP contribution is 2.20. The number of hydrogen-bond donors (Lipinski definition) is 1. The van der Waals surface area contributed by atoms with Gasteiger partial charge >= 0.3 is 0 Å². The highest BCUT2D eigenvalue weighted by Gasteiger charge is 2.17. The van der Waals surface area contributed by atoms with E-state index in [9.17, 15) is 8.78 Å². The van der Waals surface area contributed by atoms with Crippen molar-refractivity contribution in [3.8, 4) is 0 Å². The van der Waals surface area contributed by atoms with Gasteiger partial charge < -0.3 is 10.1 Å². The van der Waals surface area contributed by atoms with Gasteiger partial charge in [0, 0.05) is 18.7 Å². The van der Waals surface area contributed by atoms with Crippen molar-refractivity contribution in [2.24, 2.45) is 0 Å². The van der Waals surface area contributed by atoms with Crippen LogP contribution in [0.5, 0.6) is 0 Å². The molecule has 0 radical (unpaired) electrons. The van der Waals surface area contributed by atoms with Gasteiger partial charge in [-0.25, -0.2) is 8.78 Å². The maximum absolute atomic E-state index is 13.8. The van der Waals surface area contributed by atoms with E-state index in [0.717, 1.165) is 44.9 Å². The van der Waals surface area contributed by atoms with Crippen LogP contribution >= 0.6 is 0 Å². The van der Waals surface area contributed by atoms with Crippen molar-refractivity contribution in [2.45, 2.75) is 57.6 Å². The van der Waals surface area contributed by atoms with Gasteiger partial charge in [0.15, 0.2) is 0 Å². The van der Waals surface area contributed by atoms with Crippen LogP contribution in [0.3, 0.4) is 0 Å². The molecule has 0 aromatic heterocycles. The van der Waals surface area contributed by atoms with Crippen molar-refractivity contribution < 1.29 is 13.5 Å². The third kappa shape index (κ3) is 5.36. The fraction of sp³-hybridized carbons (Fsp3) is 0.647. The summed E-state index contributed by atoms with van der Waals surface area (Å²) in [6.07, 6.45) is 6.42. The number of ether oxygens (including phenoxy) is 1. The van der Waals surface area contributed by atoms with Gasteiger partial charge in [-0.3, -0.25) is 0 Å². The Balaban J connectivity index is 1.88. The van der Waals surface area contributed by atoms with E-state index in [1.165, 1.54) is 12.5 Å². The molecule has 0 amide bonds. The fourth-order valence-electron chi connectivity index (χ4n) is 2.94. The molecule has 1 saturated heterocycles. The summed E-state index contributed by atoms with van der Waals surface area (Å²) in [5, 5.41) is 3.40. The van der Waals surface area contributed by atoms with Crippen molar-refractivity contribution in [3.05, 3.63) is 35.4 Å². The van der Waals surface area contributed by atoms with Crippen LogP contribution in [0.15, 0.2) is 18.2 Å². The van der Waals surface area contributed by atoms with Crippen molar-refractivity contribution in [3.63, 3.8) is 0 Å². The molecule has 2 rings (SSSR count). The molecule has 2 nitrogen and oxygen atoms in total. The molecular formula is C17H25F2NO. The maximum Gasteiger partial charge on any atom is 0.129 e.